The highest BCUT2D eigenvalue weighted by Gasteiger charge is 2.31. The quantitative estimate of drug-likeness (QED) is 0.187. The molecule has 0 radical (unpaired) electrons. The topological polar surface area (TPSA) is 91.7 Å². The van der Waals surface area contributed by atoms with E-state index in [4.69, 9.17) is 32.7 Å². The lowest BCUT2D eigenvalue weighted by atomic mass is 10.1. The van der Waals surface area contributed by atoms with Gasteiger partial charge >= 0.3 is 12.3 Å². The van der Waals surface area contributed by atoms with E-state index in [-0.39, 0.29) is 30.5 Å². The first kappa shape index (κ1) is 31.7. The van der Waals surface area contributed by atoms with E-state index in [1.165, 1.54) is 41.1 Å². The van der Waals surface area contributed by atoms with Gasteiger partial charge in [-0.15, -0.1) is 18.3 Å². The van der Waals surface area contributed by atoms with Crippen molar-refractivity contribution in [3.8, 4) is 34.2 Å². The molecule has 3 aromatic carbocycles. The summed E-state index contributed by atoms with van der Waals surface area (Å²) in [7, 11) is 0. The number of nitrogens with zero attached hydrogens (tertiary/aromatic N) is 2. The van der Waals surface area contributed by atoms with Crippen LogP contribution in [0.2, 0.25) is 10.0 Å². The number of esters is 1. The van der Waals surface area contributed by atoms with E-state index in [2.05, 4.69) is 15.2 Å². The minimum Gasteiger partial charge on any atom is -0.460 e. The van der Waals surface area contributed by atoms with E-state index in [0.717, 1.165) is 0 Å². The average molecular weight is 636 g/mol. The lowest BCUT2D eigenvalue weighted by Crippen LogP contribution is -2.29. The van der Waals surface area contributed by atoms with Gasteiger partial charge < -0.3 is 19.5 Å². The molecule has 226 valence electrons. The minimum absolute atomic E-state index is 0.0246. The van der Waals surface area contributed by atoms with Gasteiger partial charge in [-0.3, -0.25) is 9.59 Å². The molecule has 1 amide bonds. The van der Waals surface area contributed by atoms with Crippen LogP contribution in [0, 0.1) is 0 Å². The van der Waals surface area contributed by atoms with Crippen LogP contribution in [-0.4, -0.2) is 40.2 Å². The summed E-state index contributed by atoms with van der Waals surface area (Å²) >= 11 is 12.3. The van der Waals surface area contributed by atoms with Gasteiger partial charge in [-0.25, -0.2) is 4.68 Å². The number of halogens is 5. The Morgan fingerprint density at radius 1 is 0.907 bits per heavy atom. The number of hydrogen-bond acceptors (Lipinski definition) is 6. The number of nitrogens with one attached hydrogen (secondary N) is 1. The predicted octanol–water partition coefficient (Wildman–Crippen LogP) is 8.00. The van der Waals surface area contributed by atoms with Gasteiger partial charge in [0.2, 0.25) is 5.88 Å². The van der Waals surface area contributed by atoms with Crippen molar-refractivity contribution >= 4 is 35.1 Å². The molecule has 4 aromatic rings. The molecule has 8 nitrogen and oxygen atoms in total. The molecule has 43 heavy (non-hydrogen) atoms. The highest BCUT2D eigenvalue weighted by atomic mass is 35.5. The fourth-order valence-corrected chi connectivity index (χ4v) is 4.34. The van der Waals surface area contributed by atoms with Gasteiger partial charge in [0.1, 0.15) is 17.1 Å². The summed E-state index contributed by atoms with van der Waals surface area (Å²) in [6.07, 6.45) is -3.19. The standard InChI is InChI=1S/C30H26Cl2F3N3O5/c1-29(2,3)43-26(39)12-13-36-27(40)19-6-8-23(9-7-19)41-28-25(18-4-10-24(11-5-18)42-30(33,34)35)17-38(37-28)22-15-20(31)14-21(32)16-22/h4-11,14-17H,12-13H2,1-3H3,(H,36,40). The Kier molecular flexibility index (Phi) is 9.56. The van der Waals surface area contributed by atoms with Crippen LogP contribution in [0.15, 0.2) is 72.9 Å². The van der Waals surface area contributed by atoms with Crippen molar-refractivity contribution in [2.45, 2.75) is 39.2 Å². The Morgan fingerprint density at radius 3 is 2.09 bits per heavy atom. The van der Waals surface area contributed by atoms with E-state index in [9.17, 15) is 22.8 Å². The van der Waals surface area contributed by atoms with Crippen molar-refractivity contribution in [1.29, 1.82) is 0 Å². The molecule has 0 saturated heterocycles. The molecule has 4 rings (SSSR count). The molecule has 0 aliphatic heterocycles. The first-order chi connectivity index (χ1) is 20.1. The molecular formula is C30H26Cl2F3N3O5. The second kappa shape index (κ2) is 13.0. The van der Waals surface area contributed by atoms with Gasteiger partial charge in [0.05, 0.1) is 17.7 Å². The fourth-order valence-electron chi connectivity index (χ4n) is 3.83. The average Bonchev–Trinajstić information content (AvgIpc) is 3.31. The van der Waals surface area contributed by atoms with Gasteiger partial charge in [-0.1, -0.05) is 35.3 Å². The molecule has 0 aliphatic carbocycles. The van der Waals surface area contributed by atoms with E-state index in [0.29, 0.717) is 38.2 Å². The number of benzene rings is 3. The number of carbonyl (C=O) groups excluding carboxylic acids is 2. The predicted molar refractivity (Wildman–Crippen MR) is 155 cm³/mol. The molecular weight excluding hydrogens is 610 g/mol. The molecule has 0 aliphatic rings. The van der Waals surface area contributed by atoms with E-state index < -0.39 is 17.9 Å². The molecule has 1 N–H and O–H groups in total. The number of alkyl halides is 3. The largest absolute Gasteiger partial charge is 0.573 e. The molecule has 1 aromatic heterocycles. The van der Waals surface area contributed by atoms with Gasteiger partial charge in [0.15, 0.2) is 0 Å². The van der Waals surface area contributed by atoms with Crippen LogP contribution < -0.4 is 14.8 Å². The van der Waals surface area contributed by atoms with Gasteiger partial charge in [0.25, 0.3) is 5.91 Å². The maximum Gasteiger partial charge on any atom is 0.573 e. The number of rotatable bonds is 9. The highest BCUT2D eigenvalue weighted by molar-refractivity contribution is 6.34. The SMILES string of the molecule is CC(C)(C)OC(=O)CCNC(=O)c1ccc(Oc2nn(-c3cc(Cl)cc(Cl)c3)cc2-c2ccc(OC(F)(F)F)cc2)cc1. The van der Waals surface area contributed by atoms with E-state index in [1.807, 2.05) is 0 Å². The summed E-state index contributed by atoms with van der Waals surface area (Å²) in [5.41, 5.74) is 1.17. The lowest BCUT2D eigenvalue weighted by Gasteiger charge is -2.19. The molecule has 0 bridgehead atoms. The van der Waals surface area contributed by atoms with E-state index in [1.54, 1.807) is 57.3 Å². The third-order valence-electron chi connectivity index (χ3n) is 5.56. The maximum absolute atomic E-state index is 12.6. The molecule has 0 unspecified atom stereocenters. The van der Waals surface area contributed by atoms with Crippen molar-refractivity contribution in [3.63, 3.8) is 0 Å². The molecule has 0 fully saturated rings. The van der Waals surface area contributed by atoms with Gasteiger partial charge in [-0.05, 0) is 80.9 Å². The van der Waals surface area contributed by atoms with Gasteiger partial charge in [0, 0.05) is 28.4 Å². The number of carbonyl (C=O) groups is 2. The summed E-state index contributed by atoms with van der Waals surface area (Å²) in [6, 6.07) is 16.2. The van der Waals surface area contributed by atoms with Crippen molar-refractivity contribution in [2.75, 3.05) is 6.54 Å². The van der Waals surface area contributed by atoms with Crippen LogP contribution in [0.4, 0.5) is 13.2 Å². The Balaban J connectivity index is 1.53. The first-order valence-electron chi connectivity index (χ1n) is 12.9. The Labute approximate surface area is 255 Å². The van der Waals surface area contributed by atoms with Crippen molar-refractivity contribution in [2.24, 2.45) is 0 Å². The number of amides is 1. The van der Waals surface area contributed by atoms with Crippen LogP contribution in [-0.2, 0) is 9.53 Å². The summed E-state index contributed by atoms with van der Waals surface area (Å²) < 4.78 is 54.6. The van der Waals surface area contributed by atoms with Crippen molar-refractivity contribution < 1.29 is 37.0 Å². The van der Waals surface area contributed by atoms with Crippen LogP contribution in [0.3, 0.4) is 0 Å². The van der Waals surface area contributed by atoms with Crippen molar-refractivity contribution in [3.05, 3.63) is 88.5 Å². The summed E-state index contributed by atoms with van der Waals surface area (Å²) in [4.78, 5) is 24.4. The van der Waals surface area contributed by atoms with Crippen LogP contribution in [0.25, 0.3) is 16.8 Å². The summed E-state index contributed by atoms with van der Waals surface area (Å²) in [5, 5.41) is 7.91. The zero-order valence-electron chi connectivity index (χ0n) is 23.2. The monoisotopic (exact) mass is 635 g/mol. The fraction of sp³-hybridized carbons (Fsp3) is 0.233. The smallest absolute Gasteiger partial charge is 0.460 e. The number of ether oxygens (including phenoxy) is 3. The molecule has 0 saturated carbocycles. The highest BCUT2D eigenvalue weighted by Crippen LogP contribution is 2.35. The third kappa shape index (κ3) is 9.39. The zero-order valence-corrected chi connectivity index (χ0v) is 24.7. The van der Waals surface area contributed by atoms with Crippen LogP contribution in [0.1, 0.15) is 37.6 Å². The maximum atomic E-state index is 12.6. The Morgan fingerprint density at radius 2 is 1.51 bits per heavy atom. The Hall–Kier alpha value is -4.22. The lowest BCUT2D eigenvalue weighted by molar-refractivity contribution is -0.274. The van der Waals surface area contributed by atoms with E-state index >= 15 is 0 Å². The molecule has 0 spiro atoms. The number of aromatic nitrogens is 2. The summed E-state index contributed by atoms with van der Waals surface area (Å²) in [5.74, 6) is -0.741. The molecule has 0 atom stereocenters. The van der Waals surface area contributed by atoms with Crippen LogP contribution >= 0.6 is 23.2 Å². The third-order valence-corrected chi connectivity index (χ3v) is 5.99. The first-order valence-corrected chi connectivity index (χ1v) is 13.6. The Bertz CT molecular complexity index is 1580. The summed E-state index contributed by atoms with van der Waals surface area (Å²) in [6.45, 7) is 5.39. The molecule has 1 heterocycles. The normalized spacial score (nSPS) is 11.6. The zero-order chi connectivity index (χ0) is 31.4. The second-order valence-electron chi connectivity index (χ2n) is 10.2. The van der Waals surface area contributed by atoms with Crippen LogP contribution in [0.5, 0.6) is 17.4 Å². The second-order valence-corrected chi connectivity index (χ2v) is 11.1. The van der Waals surface area contributed by atoms with Crippen molar-refractivity contribution in [1.82, 2.24) is 15.1 Å². The minimum atomic E-state index is -4.83. The van der Waals surface area contributed by atoms with Gasteiger partial charge in [-0.2, -0.15) is 0 Å². The molecule has 13 heteroatoms. The number of hydrogen-bond donors (Lipinski definition) is 1.